The Hall–Kier alpha value is -2.76. The van der Waals surface area contributed by atoms with Gasteiger partial charge in [-0.25, -0.2) is 8.42 Å². The standard InChI is InChI=1S/C20H29N5O5S/c1-6-23(7-2)31(28,29)20-13-18(25(26)27)8-9-19(20)22-21-14-17-12-15(3)24(16(17)4)10-11-30-5/h8-9,12-14,22H,6-7,10-11H2,1-5H3/b21-14+. The molecule has 0 spiro atoms. The van der Waals surface area contributed by atoms with Crippen LogP contribution < -0.4 is 5.43 Å². The summed E-state index contributed by atoms with van der Waals surface area (Å²) in [6, 6.07) is 5.63. The highest BCUT2D eigenvalue weighted by atomic mass is 32.2. The van der Waals surface area contributed by atoms with Gasteiger partial charge in [0.25, 0.3) is 5.69 Å². The summed E-state index contributed by atoms with van der Waals surface area (Å²) in [5.74, 6) is 0. The third kappa shape index (κ3) is 5.49. The van der Waals surface area contributed by atoms with Gasteiger partial charge in [0.2, 0.25) is 10.0 Å². The SMILES string of the molecule is CCN(CC)S(=O)(=O)c1cc([N+](=O)[O-])ccc1N/N=C/c1cc(C)n(CCOC)c1C. The zero-order valence-corrected chi connectivity index (χ0v) is 19.3. The molecule has 0 saturated carbocycles. The Labute approximate surface area is 182 Å². The second-order valence-corrected chi connectivity index (χ2v) is 8.77. The minimum absolute atomic E-state index is 0.168. The number of nitrogens with one attached hydrogen (secondary N) is 1. The molecule has 0 fully saturated rings. The Morgan fingerprint density at radius 2 is 1.94 bits per heavy atom. The van der Waals surface area contributed by atoms with E-state index in [1.54, 1.807) is 27.2 Å². The van der Waals surface area contributed by atoms with Gasteiger partial charge in [0.05, 0.1) is 23.4 Å². The minimum atomic E-state index is -3.93. The van der Waals surface area contributed by atoms with Gasteiger partial charge in [-0.15, -0.1) is 0 Å². The number of aromatic nitrogens is 1. The van der Waals surface area contributed by atoms with Gasteiger partial charge < -0.3 is 9.30 Å². The molecule has 2 rings (SSSR count). The molecule has 0 aliphatic heterocycles. The summed E-state index contributed by atoms with van der Waals surface area (Å²) in [6.45, 7) is 9.16. The van der Waals surface area contributed by atoms with Gasteiger partial charge >= 0.3 is 0 Å². The number of hydrazone groups is 1. The summed E-state index contributed by atoms with van der Waals surface area (Å²) < 4.78 is 34.5. The summed E-state index contributed by atoms with van der Waals surface area (Å²) in [7, 11) is -2.28. The smallest absolute Gasteiger partial charge is 0.270 e. The Kier molecular flexibility index (Phi) is 8.31. The van der Waals surface area contributed by atoms with E-state index in [2.05, 4.69) is 15.1 Å². The molecule has 1 aromatic carbocycles. The summed E-state index contributed by atoms with van der Waals surface area (Å²) >= 11 is 0. The molecule has 1 N–H and O–H groups in total. The van der Waals surface area contributed by atoms with Gasteiger partial charge in [0.15, 0.2) is 0 Å². The maximum absolute atomic E-state index is 13.0. The molecule has 11 heteroatoms. The highest BCUT2D eigenvalue weighted by Crippen LogP contribution is 2.29. The van der Waals surface area contributed by atoms with Gasteiger partial charge in [-0.2, -0.15) is 9.41 Å². The van der Waals surface area contributed by atoms with Crippen LogP contribution in [0, 0.1) is 24.0 Å². The van der Waals surface area contributed by atoms with Gasteiger partial charge in [-0.1, -0.05) is 13.8 Å². The van der Waals surface area contributed by atoms with E-state index in [-0.39, 0.29) is 29.4 Å². The van der Waals surface area contributed by atoms with Crippen LogP contribution in [0.15, 0.2) is 34.3 Å². The number of nitro groups is 1. The number of aryl methyl sites for hydroxylation is 1. The average Bonchev–Trinajstić information content (AvgIpc) is 2.99. The number of benzene rings is 1. The first-order chi connectivity index (χ1) is 14.7. The monoisotopic (exact) mass is 451 g/mol. The summed E-state index contributed by atoms with van der Waals surface area (Å²) in [6.07, 6.45) is 1.60. The molecule has 10 nitrogen and oxygen atoms in total. The number of ether oxygens (including phenoxy) is 1. The number of sulfonamides is 1. The Balaban J connectivity index is 2.39. The Morgan fingerprint density at radius 3 is 2.52 bits per heavy atom. The molecule has 0 aliphatic rings. The van der Waals surface area contributed by atoms with Gasteiger partial charge in [0.1, 0.15) is 4.90 Å². The zero-order valence-electron chi connectivity index (χ0n) is 18.5. The van der Waals surface area contributed by atoms with Crippen LogP contribution in [0.25, 0.3) is 0 Å². The minimum Gasteiger partial charge on any atom is -0.383 e. The van der Waals surface area contributed by atoms with E-state index >= 15 is 0 Å². The fourth-order valence-corrected chi connectivity index (χ4v) is 4.91. The summed E-state index contributed by atoms with van der Waals surface area (Å²) in [4.78, 5) is 10.4. The number of methoxy groups -OCH3 is 1. The van der Waals surface area contributed by atoms with Crippen molar-refractivity contribution < 1.29 is 18.1 Å². The van der Waals surface area contributed by atoms with Crippen LogP contribution in [0.3, 0.4) is 0 Å². The molecular formula is C20H29N5O5S. The predicted molar refractivity (Wildman–Crippen MR) is 120 cm³/mol. The van der Waals surface area contributed by atoms with Crippen LogP contribution in [-0.4, -0.2) is 55.2 Å². The number of hydrogen-bond donors (Lipinski definition) is 1. The van der Waals surface area contributed by atoms with E-state index in [1.807, 2.05) is 19.9 Å². The first-order valence-electron chi connectivity index (χ1n) is 9.90. The lowest BCUT2D eigenvalue weighted by Gasteiger charge is -2.20. The molecule has 0 radical (unpaired) electrons. The second-order valence-electron chi connectivity index (χ2n) is 6.87. The Bertz CT molecular complexity index is 1060. The fraction of sp³-hybridized carbons (Fsp3) is 0.450. The van der Waals surface area contributed by atoms with Crippen LogP contribution >= 0.6 is 0 Å². The predicted octanol–water partition coefficient (Wildman–Crippen LogP) is 3.14. The second kappa shape index (κ2) is 10.5. The Morgan fingerprint density at radius 1 is 1.26 bits per heavy atom. The molecule has 2 aromatic rings. The number of nitro benzene ring substituents is 1. The van der Waals surface area contributed by atoms with Crippen LogP contribution in [-0.2, 0) is 21.3 Å². The molecule has 0 unspecified atom stereocenters. The number of nitrogens with zero attached hydrogens (tertiary/aromatic N) is 4. The molecule has 1 heterocycles. The van der Waals surface area contributed by atoms with Crippen LogP contribution in [0.2, 0.25) is 0 Å². The highest BCUT2D eigenvalue weighted by Gasteiger charge is 2.27. The number of rotatable bonds is 11. The van der Waals surface area contributed by atoms with Crippen LogP contribution in [0.1, 0.15) is 30.8 Å². The van der Waals surface area contributed by atoms with E-state index in [1.165, 1.54) is 16.4 Å². The summed E-state index contributed by atoms with van der Waals surface area (Å²) in [5.41, 5.74) is 5.53. The lowest BCUT2D eigenvalue weighted by Crippen LogP contribution is -2.31. The van der Waals surface area contributed by atoms with Gasteiger partial charge in [-0.3, -0.25) is 15.5 Å². The van der Waals surface area contributed by atoms with Gasteiger partial charge in [0, 0.05) is 55.8 Å². The van der Waals surface area contributed by atoms with Crippen molar-refractivity contribution in [1.82, 2.24) is 8.87 Å². The van der Waals surface area contributed by atoms with E-state index in [0.717, 1.165) is 23.0 Å². The largest absolute Gasteiger partial charge is 0.383 e. The summed E-state index contributed by atoms with van der Waals surface area (Å²) in [5, 5.41) is 15.4. The number of hydrogen-bond acceptors (Lipinski definition) is 7. The molecule has 0 saturated heterocycles. The van der Waals surface area contributed by atoms with Crippen molar-refractivity contribution in [3.63, 3.8) is 0 Å². The van der Waals surface area contributed by atoms with Crippen LogP contribution in [0.5, 0.6) is 0 Å². The molecular weight excluding hydrogens is 422 g/mol. The normalized spacial score (nSPS) is 12.1. The number of anilines is 1. The third-order valence-corrected chi connectivity index (χ3v) is 7.11. The van der Waals surface area contributed by atoms with E-state index in [9.17, 15) is 18.5 Å². The van der Waals surface area contributed by atoms with E-state index < -0.39 is 14.9 Å². The van der Waals surface area contributed by atoms with Crippen molar-refractivity contribution in [2.24, 2.45) is 5.10 Å². The first-order valence-corrected chi connectivity index (χ1v) is 11.3. The topological polar surface area (TPSA) is 119 Å². The maximum Gasteiger partial charge on any atom is 0.270 e. The van der Waals surface area contributed by atoms with Crippen molar-refractivity contribution in [3.8, 4) is 0 Å². The maximum atomic E-state index is 13.0. The highest BCUT2D eigenvalue weighted by molar-refractivity contribution is 7.89. The molecule has 0 aliphatic carbocycles. The van der Waals surface area contributed by atoms with Gasteiger partial charge in [-0.05, 0) is 26.0 Å². The lowest BCUT2D eigenvalue weighted by atomic mass is 10.2. The van der Waals surface area contributed by atoms with Crippen molar-refractivity contribution in [1.29, 1.82) is 0 Å². The molecule has 0 atom stereocenters. The molecule has 31 heavy (non-hydrogen) atoms. The van der Waals surface area contributed by atoms with E-state index in [4.69, 9.17) is 4.74 Å². The molecule has 0 amide bonds. The zero-order chi connectivity index (χ0) is 23.2. The van der Waals surface area contributed by atoms with Crippen molar-refractivity contribution >= 4 is 27.6 Å². The van der Waals surface area contributed by atoms with Crippen molar-refractivity contribution in [3.05, 3.63) is 51.3 Å². The molecule has 1 aromatic heterocycles. The molecule has 0 bridgehead atoms. The fourth-order valence-electron chi connectivity index (χ4n) is 3.29. The van der Waals surface area contributed by atoms with Crippen LogP contribution in [0.4, 0.5) is 11.4 Å². The number of non-ortho nitro benzene ring substituents is 1. The van der Waals surface area contributed by atoms with Crippen molar-refractivity contribution in [2.75, 3.05) is 32.2 Å². The average molecular weight is 452 g/mol. The quantitative estimate of drug-likeness (QED) is 0.318. The van der Waals surface area contributed by atoms with Crippen molar-refractivity contribution in [2.45, 2.75) is 39.1 Å². The third-order valence-electron chi connectivity index (χ3n) is 5.02. The molecule has 170 valence electrons. The lowest BCUT2D eigenvalue weighted by molar-refractivity contribution is -0.385. The first kappa shape index (κ1) is 24.5. The van der Waals surface area contributed by atoms with E-state index in [0.29, 0.717) is 13.2 Å².